The van der Waals surface area contributed by atoms with E-state index < -0.39 is 22.0 Å². The number of hydrogen-bond donors (Lipinski definition) is 2. The van der Waals surface area contributed by atoms with Gasteiger partial charge in [0.1, 0.15) is 11.8 Å². The van der Waals surface area contributed by atoms with Gasteiger partial charge in [0.05, 0.1) is 17.7 Å². The molecule has 0 bridgehead atoms. The van der Waals surface area contributed by atoms with Gasteiger partial charge >= 0.3 is 0 Å². The number of carbonyl (C=O) groups excluding carboxylic acids is 1. The molecule has 0 aliphatic rings. The van der Waals surface area contributed by atoms with Crippen LogP contribution in [0.3, 0.4) is 0 Å². The normalized spacial score (nSPS) is 12.5. The van der Waals surface area contributed by atoms with Gasteiger partial charge in [0.25, 0.3) is 0 Å². The molecule has 1 amide bonds. The van der Waals surface area contributed by atoms with Crippen LogP contribution >= 0.6 is 11.3 Å². The summed E-state index contributed by atoms with van der Waals surface area (Å²) in [6.45, 7) is 5.75. The number of aryl methyl sites for hydroxylation is 1. The van der Waals surface area contributed by atoms with E-state index in [9.17, 15) is 13.2 Å². The molecule has 0 radical (unpaired) electrons. The molecule has 0 aliphatic carbocycles. The van der Waals surface area contributed by atoms with Crippen molar-refractivity contribution in [3.8, 4) is 17.0 Å². The first-order chi connectivity index (χ1) is 15.2. The molecule has 1 atom stereocenters. The van der Waals surface area contributed by atoms with E-state index >= 15 is 0 Å². The quantitative estimate of drug-likeness (QED) is 0.478. The molecule has 1 heterocycles. The third kappa shape index (κ3) is 6.15. The second kappa shape index (κ2) is 10.2. The summed E-state index contributed by atoms with van der Waals surface area (Å²) in [5, 5.41) is 5.01. The Morgan fingerprint density at radius 1 is 1.09 bits per heavy atom. The van der Waals surface area contributed by atoms with E-state index in [-0.39, 0.29) is 10.8 Å². The second-order valence-electron chi connectivity index (χ2n) is 7.87. The summed E-state index contributed by atoms with van der Waals surface area (Å²) in [6, 6.07) is 13.0. The molecule has 7 nitrogen and oxygen atoms in total. The summed E-state index contributed by atoms with van der Waals surface area (Å²) in [5.74, 6) is 0.414. The Balaban J connectivity index is 1.75. The fourth-order valence-corrected chi connectivity index (χ4v) is 5.00. The van der Waals surface area contributed by atoms with Gasteiger partial charge < -0.3 is 10.1 Å². The van der Waals surface area contributed by atoms with E-state index in [2.05, 4.69) is 15.0 Å². The van der Waals surface area contributed by atoms with Crippen LogP contribution in [0.5, 0.6) is 5.75 Å². The Morgan fingerprint density at radius 2 is 1.75 bits per heavy atom. The molecular formula is C23H27N3O4S2. The molecule has 170 valence electrons. The van der Waals surface area contributed by atoms with Crippen molar-refractivity contribution in [1.29, 1.82) is 0 Å². The van der Waals surface area contributed by atoms with E-state index in [1.807, 2.05) is 50.4 Å². The molecule has 0 saturated carbocycles. The molecular weight excluding hydrogens is 446 g/mol. The molecule has 3 rings (SSSR count). The minimum atomic E-state index is -3.84. The number of nitrogens with zero attached hydrogens (tertiary/aromatic N) is 1. The van der Waals surface area contributed by atoms with Gasteiger partial charge in [0.2, 0.25) is 15.9 Å². The lowest BCUT2D eigenvalue weighted by Gasteiger charge is -2.19. The third-order valence-electron chi connectivity index (χ3n) is 4.77. The van der Waals surface area contributed by atoms with Crippen LogP contribution in [0.4, 0.5) is 5.13 Å². The van der Waals surface area contributed by atoms with Gasteiger partial charge in [-0.1, -0.05) is 31.5 Å². The molecule has 2 aromatic carbocycles. The van der Waals surface area contributed by atoms with Gasteiger partial charge in [0, 0.05) is 10.9 Å². The number of ether oxygens (including phenoxy) is 1. The van der Waals surface area contributed by atoms with Gasteiger partial charge in [-0.2, -0.15) is 4.72 Å². The lowest BCUT2D eigenvalue weighted by atomic mass is 10.0. The Hall–Kier alpha value is -2.75. The second-order valence-corrected chi connectivity index (χ2v) is 10.4. The maximum atomic E-state index is 13.0. The predicted octanol–water partition coefficient (Wildman–Crippen LogP) is 4.46. The molecule has 32 heavy (non-hydrogen) atoms. The van der Waals surface area contributed by atoms with Crippen LogP contribution in [0.25, 0.3) is 11.3 Å². The molecule has 2 N–H and O–H groups in total. The maximum Gasteiger partial charge on any atom is 0.244 e. The van der Waals surface area contributed by atoms with Gasteiger partial charge in [-0.3, -0.25) is 4.79 Å². The number of hydrogen-bond acceptors (Lipinski definition) is 6. The van der Waals surface area contributed by atoms with Crippen LogP contribution in [0.15, 0.2) is 58.8 Å². The monoisotopic (exact) mass is 473 g/mol. The number of nitrogens with one attached hydrogen (secondary N) is 2. The van der Waals surface area contributed by atoms with Gasteiger partial charge in [-0.25, -0.2) is 13.4 Å². The fraction of sp³-hybridized carbons (Fsp3) is 0.304. The minimum absolute atomic E-state index is 0.109. The smallest absolute Gasteiger partial charge is 0.244 e. The minimum Gasteiger partial charge on any atom is -0.497 e. The number of anilines is 1. The van der Waals surface area contributed by atoms with E-state index in [0.29, 0.717) is 17.2 Å². The van der Waals surface area contributed by atoms with Crippen molar-refractivity contribution in [3.05, 3.63) is 59.5 Å². The van der Waals surface area contributed by atoms with E-state index in [4.69, 9.17) is 4.74 Å². The molecule has 0 aliphatic heterocycles. The summed E-state index contributed by atoms with van der Waals surface area (Å²) in [5.41, 5.74) is 2.56. The highest BCUT2D eigenvalue weighted by atomic mass is 32.2. The largest absolute Gasteiger partial charge is 0.497 e. The van der Waals surface area contributed by atoms with Crippen molar-refractivity contribution in [2.75, 3.05) is 12.4 Å². The summed E-state index contributed by atoms with van der Waals surface area (Å²) in [4.78, 5) is 17.5. The SMILES string of the molecule is COc1ccc(-c2csc(NC(=O)C(CC(C)C)NS(=O)(=O)c3ccc(C)cc3)n2)cc1. The van der Waals surface area contributed by atoms with Gasteiger partial charge in [-0.05, 0) is 55.7 Å². The Bertz CT molecular complexity index is 1150. The molecule has 0 spiro atoms. The van der Waals surface area contributed by atoms with Crippen molar-refractivity contribution < 1.29 is 17.9 Å². The summed E-state index contributed by atoms with van der Waals surface area (Å²) < 4.78 is 33.4. The zero-order valence-corrected chi connectivity index (χ0v) is 20.1. The average Bonchev–Trinajstić information content (AvgIpc) is 3.21. The van der Waals surface area contributed by atoms with Crippen molar-refractivity contribution in [2.24, 2.45) is 5.92 Å². The average molecular weight is 474 g/mol. The highest BCUT2D eigenvalue weighted by Crippen LogP contribution is 2.27. The number of methoxy groups -OCH3 is 1. The van der Waals surface area contributed by atoms with Crippen molar-refractivity contribution in [1.82, 2.24) is 9.71 Å². The van der Waals surface area contributed by atoms with Crippen LogP contribution in [0.2, 0.25) is 0 Å². The number of thiazole rings is 1. The lowest BCUT2D eigenvalue weighted by molar-refractivity contribution is -0.118. The molecule has 0 saturated heterocycles. The van der Waals surface area contributed by atoms with Crippen molar-refractivity contribution in [3.63, 3.8) is 0 Å². The number of amides is 1. The zero-order chi connectivity index (χ0) is 23.3. The number of carbonyl (C=O) groups is 1. The predicted molar refractivity (Wildman–Crippen MR) is 127 cm³/mol. The van der Waals surface area contributed by atoms with Crippen LogP contribution in [0.1, 0.15) is 25.8 Å². The van der Waals surface area contributed by atoms with E-state index in [0.717, 1.165) is 16.9 Å². The number of rotatable bonds is 9. The van der Waals surface area contributed by atoms with Crippen LogP contribution in [-0.2, 0) is 14.8 Å². The van der Waals surface area contributed by atoms with Crippen molar-refractivity contribution in [2.45, 2.75) is 38.1 Å². The molecule has 3 aromatic rings. The molecule has 1 unspecified atom stereocenters. The first-order valence-corrected chi connectivity index (χ1v) is 12.5. The Labute approximate surface area is 192 Å². The zero-order valence-electron chi connectivity index (χ0n) is 18.5. The first-order valence-electron chi connectivity index (χ1n) is 10.2. The third-order valence-corrected chi connectivity index (χ3v) is 7.02. The molecule has 9 heteroatoms. The summed E-state index contributed by atoms with van der Waals surface area (Å²) in [6.07, 6.45) is 0.355. The van der Waals surface area contributed by atoms with Crippen LogP contribution < -0.4 is 14.8 Å². The number of aromatic nitrogens is 1. The molecule has 0 fully saturated rings. The Morgan fingerprint density at radius 3 is 2.34 bits per heavy atom. The summed E-state index contributed by atoms with van der Waals surface area (Å²) in [7, 11) is -2.24. The van der Waals surface area contributed by atoms with E-state index in [1.165, 1.54) is 23.5 Å². The first kappa shape index (κ1) is 23.9. The lowest BCUT2D eigenvalue weighted by Crippen LogP contribution is -2.44. The highest BCUT2D eigenvalue weighted by Gasteiger charge is 2.27. The van der Waals surface area contributed by atoms with Crippen molar-refractivity contribution >= 4 is 32.4 Å². The topological polar surface area (TPSA) is 97.4 Å². The fourth-order valence-electron chi connectivity index (χ4n) is 3.07. The maximum absolute atomic E-state index is 13.0. The highest BCUT2D eigenvalue weighted by molar-refractivity contribution is 7.89. The summed E-state index contributed by atoms with van der Waals surface area (Å²) >= 11 is 1.28. The van der Waals surface area contributed by atoms with E-state index in [1.54, 1.807) is 19.2 Å². The standard InChI is InChI=1S/C23H27N3O4S2/c1-15(2)13-20(26-32(28,29)19-11-5-16(3)6-12-19)22(27)25-23-24-21(14-31-23)17-7-9-18(30-4)10-8-17/h5-12,14-15,20,26H,13H2,1-4H3,(H,24,25,27). The van der Waals surface area contributed by atoms with Crippen LogP contribution in [-0.4, -0.2) is 32.5 Å². The Kier molecular flexibility index (Phi) is 7.65. The molecule has 1 aromatic heterocycles. The van der Waals surface area contributed by atoms with Gasteiger partial charge in [0.15, 0.2) is 5.13 Å². The number of sulfonamides is 1. The van der Waals surface area contributed by atoms with Gasteiger partial charge in [-0.15, -0.1) is 11.3 Å². The van der Waals surface area contributed by atoms with Crippen LogP contribution in [0, 0.1) is 12.8 Å². The number of benzene rings is 2.